The molecule has 10 heteroatoms. The first-order chi connectivity index (χ1) is 15.1. The topological polar surface area (TPSA) is 166 Å². The van der Waals surface area contributed by atoms with Crippen molar-refractivity contribution in [1.29, 1.82) is 5.41 Å². The summed E-state index contributed by atoms with van der Waals surface area (Å²) in [5.41, 5.74) is 5.58. The average molecular weight is 437 g/mol. The Labute approximate surface area is 183 Å². The van der Waals surface area contributed by atoms with E-state index in [1.165, 1.54) is 6.92 Å². The van der Waals surface area contributed by atoms with Gasteiger partial charge in [0.25, 0.3) is 5.91 Å². The van der Waals surface area contributed by atoms with E-state index in [4.69, 9.17) is 11.1 Å². The van der Waals surface area contributed by atoms with E-state index >= 15 is 0 Å². The van der Waals surface area contributed by atoms with Crippen LogP contribution in [0.4, 0.5) is 4.79 Å². The number of hydrogen-bond donors (Lipinski definition) is 5. The molecule has 1 aliphatic rings. The van der Waals surface area contributed by atoms with Gasteiger partial charge in [-0.25, -0.2) is 4.79 Å². The molecule has 6 N–H and O–H groups in total. The van der Waals surface area contributed by atoms with Gasteiger partial charge in [0, 0.05) is 5.56 Å². The van der Waals surface area contributed by atoms with Gasteiger partial charge in [0.05, 0.1) is 12.5 Å². The van der Waals surface area contributed by atoms with Crippen molar-refractivity contribution in [1.82, 2.24) is 15.5 Å². The molecule has 4 amide bonds. The number of benzene rings is 2. The number of rotatable bonds is 8. The lowest BCUT2D eigenvalue weighted by Gasteiger charge is -2.23. The normalized spacial score (nSPS) is 18.7. The van der Waals surface area contributed by atoms with Crippen LogP contribution in [0, 0.1) is 5.41 Å². The molecule has 0 unspecified atom stereocenters. The van der Waals surface area contributed by atoms with Crippen LogP contribution in [0.25, 0.3) is 0 Å². The highest BCUT2D eigenvalue weighted by Gasteiger charge is 2.49. The molecule has 1 heterocycles. The molecule has 0 aliphatic carbocycles. The molecule has 0 aromatic heterocycles. The number of nitrogen functional groups attached to an aromatic ring is 1. The molecule has 2 aromatic rings. The molecule has 0 bridgehead atoms. The molecule has 2 atom stereocenters. The molecule has 0 saturated carbocycles. The van der Waals surface area contributed by atoms with Crippen molar-refractivity contribution in [2.75, 3.05) is 6.54 Å². The molecular formula is C22H23N5O5. The Morgan fingerprint density at radius 3 is 2.34 bits per heavy atom. The number of amides is 4. The Morgan fingerprint density at radius 1 is 1.16 bits per heavy atom. The van der Waals surface area contributed by atoms with Crippen LogP contribution in [-0.4, -0.2) is 46.2 Å². The third-order valence-corrected chi connectivity index (χ3v) is 5.27. The van der Waals surface area contributed by atoms with Crippen molar-refractivity contribution < 1.29 is 24.3 Å². The van der Waals surface area contributed by atoms with Gasteiger partial charge in [-0.3, -0.25) is 24.7 Å². The van der Waals surface area contributed by atoms with E-state index in [2.05, 4.69) is 10.6 Å². The summed E-state index contributed by atoms with van der Waals surface area (Å²) in [6.07, 6.45) is -0.351. The Bertz CT molecular complexity index is 1070. The van der Waals surface area contributed by atoms with E-state index in [1.54, 1.807) is 54.6 Å². The van der Waals surface area contributed by atoms with Gasteiger partial charge in [-0.1, -0.05) is 54.6 Å². The Balaban J connectivity index is 1.74. The smallest absolute Gasteiger partial charge is 0.325 e. The van der Waals surface area contributed by atoms with Crippen molar-refractivity contribution in [2.24, 2.45) is 5.73 Å². The average Bonchev–Trinajstić information content (AvgIpc) is 2.97. The van der Waals surface area contributed by atoms with Crippen LogP contribution in [0.15, 0.2) is 54.6 Å². The molecule has 166 valence electrons. The van der Waals surface area contributed by atoms with Crippen LogP contribution in [0.5, 0.6) is 0 Å². The standard InChI is InChI=1S/C22H23N5O5/c1-22(15-9-7-14(8-10-15)19(23)24)20(31)27(21(32)26-22)12-17(28)25-16(11-18(29)30)13-5-3-2-4-6-13/h2-10,16H,11-12H2,1H3,(H3,23,24)(H,25,28)(H,26,32)(H,29,30)/t16-,22-/m1/s1. The number of aliphatic carboxylic acids is 1. The van der Waals surface area contributed by atoms with Crippen LogP contribution in [-0.2, 0) is 19.9 Å². The zero-order chi connectivity index (χ0) is 23.5. The minimum absolute atomic E-state index is 0.129. The number of urea groups is 1. The third-order valence-electron chi connectivity index (χ3n) is 5.27. The van der Waals surface area contributed by atoms with E-state index in [0.717, 1.165) is 4.90 Å². The minimum Gasteiger partial charge on any atom is -0.481 e. The maximum Gasteiger partial charge on any atom is 0.325 e. The maximum atomic E-state index is 13.0. The summed E-state index contributed by atoms with van der Waals surface area (Å²) >= 11 is 0. The fourth-order valence-electron chi connectivity index (χ4n) is 3.52. The Hall–Kier alpha value is -4.21. The molecule has 3 rings (SSSR count). The second-order valence-electron chi connectivity index (χ2n) is 7.57. The number of imide groups is 1. The number of carbonyl (C=O) groups excluding carboxylic acids is 3. The highest BCUT2D eigenvalue weighted by atomic mass is 16.4. The highest BCUT2D eigenvalue weighted by molar-refractivity contribution is 6.09. The van der Waals surface area contributed by atoms with Crippen LogP contribution in [0.1, 0.15) is 36.1 Å². The molecule has 1 aliphatic heterocycles. The first-order valence-electron chi connectivity index (χ1n) is 9.77. The van der Waals surface area contributed by atoms with E-state index < -0.39 is 41.9 Å². The summed E-state index contributed by atoms with van der Waals surface area (Å²) in [4.78, 5) is 50.1. The van der Waals surface area contributed by atoms with Crippen LogP contribution in [0.2, 0.25) is 0 Å². The first kappa shape index (κ1) is 22.5. The van der Waals surface area contributed by atoms with Gasteiger partial charge in [0.2, 0.25) is 5.91 Å². The predicted octanol–water partition coefficient (Wildman–Crippen LogP) is 1.07. The lowest BCUT2D eigenvalue weighted by molar-refractivity contribution is -0.138. The van der Waals surface area contributed by atoms with Crippen molar-refractivity contribution >= 4 is 29.7 Å². The van der Waals surface area contributed by atoms with E-state index in [0.29, 0.717) is 16.7 Å². The number of nitrogens with two attached hydrogens (primary N) is 1. The molecule has 2 aromatic carbocycles. The molecule has 32 heavy (non-hydrogen) atoms. The van der Waals surface area contributed by atoms with Crippen LogP contribution in [0.3, 0.4) is 0 Å². The zero-order valence-electron chi connectivity index (χ0n) is 17.3. The lowest BCUT2D eigenvalue weighted by atomic mass is 9.91. The molecule has 0 radical (unpaired) electrons. The van der Waals surface area contributed by atoms with Gasteiger partial charge < -0.3 is 21.5 Å². The molecule has 1 saturated heterocycles. The van der Waals surface area contributed by atoms with Gasteiger partial charge >= 0.3 is 12.0 Å². The van der Waals surface area contributed by atoms with Crippen molar-refractivity contribution in [3.63, 3.8) is 0 Å². The highest BCUT2D eigenvalue weighted by Crippen LogP contribution is 2.29. The van der Waals surface area contributed by atoms with Crippen LogP contribution < -0.4 is 16.4 Å². The largest absolute Gasteiger partial charge is 0.481 e. The van der Waals surface area contributed by atoms with Gasteiger partial charge in [-0.2, -0.15) is 0 Å². The number of carboxylic acid groups (broad SMARTS) is 1. The lowest BCUT2D eigenvalue weighted by Crippen LogP contribution is -2.44. The SMILES string of the molecule is C[C@]1(c2ccc(C(=N)N)cc2)NC(=O)N(CC(=O)N[C@H](CC(=O)O)c2ccccc2)C1=O. The van der Waals surface area contributed by atoms with Crippen molar-refractivity contribution in [3.05, 3.63) is 71.3 Å². The van der Waals surface area contributed by atoms with E-state index in [9.17, 15) is 24.3 Å². The quantitative estimate of drug-likeness (QED) is 0.235. The van der Waals surface area contributed by atoms with Crippen molar-refractivity contribution in [2.45, 2.75) is 24.9 Å². The third kappa shape index (κ3) is 4.59. The second-order valence-corrected chi connectivity index (χ2v) is 7.57. The Morgan fingerprint density at radius 2 is 1.78 bits per heavy atom. The summed E-state index contributed by atoms with van der Waals surface area (Å²) in [6.45, 7) is 0.958. The molecule has 10 nitrogen and oxygen atoms in total. The maximum absolute atomic E-state index is 13.0. The number of carboxylic acids is 1. The van der Waals surface area contributed by atoms with Gasteiger partial charge in [0.1, 0.15) is 17.9 Å². The molecular weight excluding hydrogens is 414 g/mol. The van der Waals surface area contributed by atoms with Gasteiger partial charge in [-0.15, -0.1) is 0 Å². The molecule has 1 fully saturated rings. The number of hydrogen-bond acceptors (Lipinski definition) is 5. The number of nitrogens with one attached hydrogen (secondary N) is 3. The first-order valence-corrected chi connectivity index (χ1v) is 9.77. The number of amidine groups is 1. The zero-order valence-corrected chi connectivity index (χ0v) is 17.3. The summed E-state index contributed by atoms with van der Waals surface area (Å²) in [5.74, 6) is -2.52. The predicted molar refractivity (Wildman–Crippen MR) is 115 cm³/mol. The van der Waals surface area contributed by atoms with E-state index in [1.807, 2.05) is 0 Å². The minimum atomic E-state index is -1.40. The fraction of sp³-hybridized carbons (Fsp3) is 0.227. The summed E-state index contributed by atoms with van der Waals surface area (Å²) < 4.78 is 0. The summed E-state index contributed by atoms with van der Waals surface area (Å²) in [6, 6.07) is 13.3. The second kappa shape index (κ2) is 8.88. The summed E-state index contributed by atoms with van der Waals surface area (Å²) in [7, 11) is 0. The summed E-state index contributed by atoms with van der Waals surface area (Å²) in [5, 5.41) is 21.8. The van der Waals surface area contributed by atoms with E-state index in [-0.39, 0.29) is 12.3 Å². The van der Waals surface area contributed by atoms with Crippen molar-refractivity contribution in [3.8, 4) is 0 Å². The van der Waals surface area contributed by atoms with Gasteiger partial charge in [0.15, 0.2) is 0 Å². The number of nitrogens with zero attached hydrogens (tertiary/aromatic N) is 1. The van der Waals surface area contributed by atoms with Crippen LogP contribution >= 0.6 is 0 Å². The fourth-order valence-corrected chi connectivity index (χ4v) is 3.52. The monoisotopic (exact) mass is 437 g/mol. The molecule has 0 spiro atoms. The number of carbonyl (C=O) groups is 4. The van der Waals surface area contributed by atoms with Gasteiger partial charge in [-0.05, 0) is 18.1 Å². The Kier molecular flexibility index (Phi) is 6.24.